The molecule has 0 unspecified atom stereocenters. The van der Waals surface area contributed by atoms with Crippen molar-refractivity contribution in [3.8, 4) is 0 Å². The van der Waals surface area contributed by atoms with Crippen LogP contribution in [-0.4, -0.2) is 6.29 Å². The first-order valence-electron chi connectivity index (χ1n) is 5.14. The van der Waals surface area contributed by atoms with Gasteiger partial charge in [0.25, 0.3) is 0 Å². The van der Waals surface area contributed by atoms with Gasteiger partial charge in [-0.1, -0.05) is 74.9 Å². The van der Waals surface area contributed by atoms with E-state index in [9.17, 15) is 4.79 Å². The minimum Gasteiger partial charge on any atom is -0.298 e. The number of rotatable bonds is 3. The van der Waals surface area contributed by atoms with E-state index in [4.69, 9.17) is 0 Å². The van der Waals surface area contributed by atoms with E-state index in [0.717, 1.165) is 6.29 Å². The molecule has 1 aromatic rings. The summed E-state index contributed by atoms with van der Waals surface area (Å²) in [5.74, 6) is 0. The average molecular weight is 228 g/mol. The van der Waals surface area contributed by atoms with E-state index in [1.54, 1.807) is 19.1 Å². The zero-order chi connectivity index (χ0) is 13.5. The zero-order valence-corrected chi connectivity index (χ0v) is 10.4. The average Bonchev–Trinajstić information content (AvgIpc) is 2.40. The van der Waals surface area contributed by atoms with E-state index in [-0.39, 0.29) is 0 Å². The van der Waals surface area contributed by atoms with Crippen molar-refractivity contribution in [1.29, 1.82) is 0 Å². The Morgan fingerprint density at radius 1 is 1.06 bits per heavy atom. The number of benzene rings is 1. The normalized spacial score (nSPS) is 7.12. The fourth-order valence-electron chi connectivity index (χ4n) is 0.589. The summed E-state index contributed by atoms with van der Waals surface area (Å²) in [4.78, 5) is 9.41. The molecule has 0 saturated carbocycles. The Morgan fingerprint density at radius 2 is 1.47 bits per heavy atom. The third kappa shape index (κ3) is 16.5. The lowest BCUT2D eigenvalue weighted by Gasteiger charge is -1.85. The predicted octanol–water partition coefficient (Wildman–Crippen LogP) is 4.45. The summed E-state index contributed by atoms with van der Waals surface area (Å²) < 4.78 is 0. The van der Waals surface area contributed by atoms with Gasteiger partial charge in [0, 0.05) is 0 Å². The highest BCUT2D eigenvalue weighted by atomic mass is 16.1. The lowest BCUT2D eigenvalue weighted by molar-refractivity contribution is -0.104. The maximum absolute atomic E-state index is 9.41. The van der Waals surface area contributed by atoms with Crippen LogP contribution < -0.4 is 0 Å². The Kier molecular flexibility index (Phi) is 14.1. The van der Waals surface area contributed by atoms with Gasteiger partial charge >= 0.3 is 0 Å². The van der Waals surface area contributed by atoms with Crippen LogP contribution in [0.2, 0.25) is 0 Å². The predicted molar refractivity (Wildman–Crippen MR) is 77.8 cm³/mol. The highest BCUT2D eigenvalue weighted by molar-refractivity contribution is 5.70. The van der Waals surface area contributed by atoms with Crippen LogP contribution in [-0.2, 0) is 4.79 Å². The summed E-state index contributed by atoms with van der Waals surface area (Å²) in [6.45, 7) is 15.3. The summed E-state index contributed by atoms with van der Waals surface area (Å²) >= 11 is 0. The van der Waals surface area contributed by atoms with Crippen LogP contribution in [0.1, 0.15) is 12.5 Å². The number of hydrogen-bond acceptors (Lipinski definition) is 1. The Labute approximate surface area is 104 Å². The van der Waals surface area contributed by atoms with Gasteiger partial charge in [0.15, 0.2) is 0 Å². The molecule has 1 rings (SSSR count). The second-order valence-corrected chi connectivity index (χ2v) is 3.05. The van der Waals surface area contributed by atoms with Gasteiger partial charge in [-0.15, -0.1) is 0 Å². The molecule has 1 aromatic carbocycles. The molecule has 0 fully saturated rings. The zero-order valence-electron chi connectivity index (χ0n) is 10.4. The van der Waals surface area contributed by atoms with Crippen molar-refractivity contribution < 1.29 is 4.79 Å². The molecule has 0 amide bonds. The molecule has 0 atom stereocenters. The van der Waals surface area contributed by atoms with Gasteiger partial charge in [0.1, 0.15) is 6.29 Å². The summed E-state index contributed by atoms with van der Waals surface area (Å²) in [5.41, 5.74) is 1.75. The molecule has 1 nitrogen and oxygen atoms in total. The summed E-state index contributed by atoms with van der Waals surface area (Å²) in [7, 11) is 0. The smallest absolute Gasteiger partial charge is 0.145 e. The fraction of sp³-hybridized carbons (Fsp3) is 0.0625. The van der Waals surface area contributed by atoms with Crippen molar-refractivity contribution in [2.45, 2.75) is 6.92 Å². The molecule has 0 radical (unpaired) electrons. The molecule has 0 aliphatic heterocycles. The number of hydrogen-bond donors (Lipinski definition) is 0. The Bertz CT molecular complexity index is 341. The quantitative estimate of drug-likeness (QED) is 0.424. The number of aldehydes is 1. The Balaban J connectivity index is 0. The first-order valence-corrected chi connectivity index (χ1v) is 5.14. The maximum Gasteiger partial charge on any atom is 0.145 e. The summed E-state index contributed by atoms with van der Waals surface area (Å²) in [5, 5.41) is 0. The molecule has 17 heavy (non-hydrogen) atoms. The van der Waals surface area contributed by atoms with Crippen molar-refractivity contribution in [3.63, 3.8) is 0 Å². The molecule has 90 valence electrons. The van der Waals surface area contributed by atoms with Gasteiger partial charge in [0.05, 0.1) is 0 Å². The van der Waals surface area contributed by atoms with Crippen molar-refractivity contribution in [2.24, 2.45) is 0 Å². The van der Waals surface area contributed by atoms with E-state index in [1.807, 2.05) is 36.4 Å². The summed E-state index contributed by atoms with van der Waals surface area (Å²) in [6.07, 6.45) is 5.83. The maximum atomic E-state index is 9.41. The van der Waals surface area contributed by atoms with Crippen LogP contribution in [0.25, 0.3) is 6.08 Å². The molecule has 0 aliphatic rings. The van der Waals surface area contributed by atoms with E-state index >= 15 is 0 Å². The van der Waals surface area contributed by atoms with Crippen LogP contribution in [0, 0.1) is 0 Å². The molecule has 0 aliphatic carbocycles. The van der Waals surface area contributed by atoms with E-state index < -0.39 is 0 Å². The lowest BCUT2D eigenvalue weighted by Crippen LogP contribution is -1.65. The second-order valence-electron chi connectivity index (χ2n) is 3.05. The van der Waals surface area contributed by atoms with Crippen LogP contribution in [0.3, 0.4) is 0 Å². The SMILES string of the molecule is C=C(C)C=O.C=CC=C.C=Cc1ccccc1. The minimum atomic E-state index is 0.574. The van der Waals surface area contributed by atoms with Crippen LogP contribution in [0.4, 0.5) is 0 Å². The summed E-state index contributed by atoms with van der Waals surface area (Å²) in [6, 6.07) is 10.0. The fourth-order valence-corrected chi connectivity index (χ4v) is 0.589. The van der Waals surface area contributed by atoms with Gasteiger partial charge in [-0.05, 0) is 18.1 Å². The minimum absolute atomic E-state index is 0.574. The molecule has 0 spiro atoms. The number of carbonyl (C=O) groups is 1. The van der Waals surface area contributed by atoms with E-state index in [1.165, 1.54) is 5.56 Å². The van der Waals surface area contributed by atoms with Crippen molar-refractivity contribution in [2.75, 3.05) is 0 Å². The molecule has 0 aromatic heterocycles. The van der Waals surface area contributed by atoms with E-state index in [2.05, 4.69) is 26.3 Å². The van der Waals surface area contributed by atoms with Crippen LogP contribution in [0.15, 0.2) is 74.4 Å². The highest BCUT2D eigenvalue weighted by Crippen LogP contribution is 1.97. The highest BCUT2D eigenvalue weighted by Gasteiger charge is 1.75. The molecule has 1 heteroatoms. The molecule has 0 heterocycles. The molecule has 0 saturated heterocycles. The topological polar surface area (TPSA) is 17.1 Å². The van der Waals surface area contributed by atoms with Crippen molar-refractivity contribution >= 4 is 12.4 Å². The molecular weight excluding hydrogens is 208 g/mol. The molecule has 0 bridgehead atoms. The molecule has 0 N–H and O–H groups in total. The van der Waals surface area contributed by atoms with Gasteiger partial charge in [-0.3, -0.25) is 4.79 Å². The largest absolute Gasteiger partial charge is 0.298 e. The van der Waals surface area contributed by atoms with Gasteiger partial charge in [-0.2, -0.15) is 0 Å². The van der Waals surface area contributed by atoms with Crippen molar-refractivity contribution in [1.82, 2.24) is 0 Å². The monoisotopic (exact) mass is 228 g/mol. The second kappa shape index (κ2) is 13.8. The third-order valence-corrected chi connectivity index (χ3v) is 1.40. The third-order valence-electron chi connectivity index (χ3n) is 1.40. The molecular formula is C16H20O. The van der Waals surface area contributed by atoms with E-state index in [0.29, 0.717) is 5.57 Å². The Morgan fingerprint density at radius 3 is 1.65 bits per heavy atom. The van der Waals surface area contributed by atoms with Gasteiger partial charge in [-0.25, -0.2) is 0 Å². The lowest BCUT2D eigenvalue weighted by atomic mass is 10.2. The van der Waals surface area contributed by atoms with Crippen LogP contribution in [0.5, 0.6) is 0 Å². The Hall–Kier alpha value is -2.15. The van der Waals surface area contributed by atoms with Gasteiger partial charge < -0.3 is 0 Å². The number of allylic oxidation sites excluding steroid dienone is 3. The van der Waals surface area contributed by atoms with Gasteiger partial charge in [0.2, 0.25) is 0 Å². The van der Waals surface area contributed by atoms with Crippen LogP contribution >= 0.6 is 0 Å². The first kappa shape index (κ1) is 17.3. The first-order chi connectivity index (χ1) is 8.12. The number of carbonyl (C=O) groups excluding carboxylic acids is 1. The standard InChI is InChI=1S/C8H8.C4H6O.C4H6/c1-2-8-6-4-3-5-7-8;1-4(2)3-5;1-3-4-2/h2-7H,1H2;3H,1H2,2H3;3-4H,1-2H2. The van der Waals surface area contributed by atoms with Crippen molar-refractivity contribution in [3.05, 3.63) is 79.9 Å².